The Kier molecular flexibility index (Phi) is 2.43. The van der Waals surface area contributed by atoms with Gasteiger partial charge >= 0.3 is 23.9 Å². The van der Waals surface area contributed by atoms with Gasteiger partial charge in [-0.1, -0.05) is 6.92 Å². The number of cyclic esters (lactones) is 4. The van der Waals surface area contributed by atoms with Crippen LogP contribution >= 0.6 is 0 Å². The quantitative estimate of drug-likeness (QED) is 0.530. The van der Waals surface area contributed by atoms with Gasteiger partial charge in [-0.25, -0.2) is 0 Å². The highest BCUT2D eigenvalue weighted by Crippen LogP contribution is 2.67. The summed E-state index contributed by atoms with van der Waals surface area (Å²) in [5.41, 5.74) is -1.05. The molecule has 7 heteroatoms. The van der Waals surface area contributed by atoms with Gasteiger partial charge in [0.25, 0.3) is 0 Å². The zero-order chi connectivity index (χ0) is 15.8. The fraction of sp³-hybridized carbons (Fsp3) is 0.600. The number of esters is 4. The average Bonchev–Trinajstić information content (AvgIpc) is 2.98. The molecule has 0 aromatic heterocycles. The molecule has 22 heavy (non-hydrogen) atoms. The fourth-order valence-corrected chi connectivity index (χ4v) is 4.98. The van der Waals surface area contributed by atoms with Crippen molar-refractivity contribution in [1.29, 1.82) is 0 Å². The molecule has 0 aromatic rings. The summed E-state index contributed by atoms with van der Waals surface area (Å²) in [7, 11) is 1.46. The van der Waals surface area contributed by atoms with Crippen LogP contribution in [0, 0.1) is 35.0 Å². The minimum atomic E-state index is -1.05. The lowest BCUT2D eigenvalue weighted by Crippen LogP contribution is -2.59. The van der Waals surface area contributed by atoms with Gasteiger partial charge in [-0.2, -0.15) is 0 Å². The number of carbonyl (C=O) groups excluding carboxylic acids is 4. The van der Waals surface area contributed by atoms with Gasteiger partial charge in [0.1, 0.15) is 0 Å². The number of carbonyl (C=O) groups is 4. The third-order valence-electron chi connectivity index (χ3n) is 5.72. The van der Waals surface area contributed by atoms with Crippen LogP contribution in [0.1, 0.15) is 13.3 Å². The molecular formula is C15H14O7. The number of hydrogen-bond donors (Lipinski definition) is 0. The zero-order valence-corrected chi connectivity index (χ0v) is 12.0. The first-order chi connectivity index (χ1) is 10.5. The van der Waals surface area contributed by atoms with Gasteiger partial charge in [-0.15, -0.1) is 0 Å². The molecule has 3 aliphatic carbocycles. The smallest absolute Gasteiger partial charge is 0.318 e. The Labute approximate surface area is 125 Å². The van der Waals surface area contributed by atoms with Gasteiger partial charge in [0, 0.05) is 5.92 Å². The molecule has 2 heterocycles. The molecule has 3 fully saturated rings. The molecule has 0 radical (unpaired) electrons. The van der Waals surface area contributed by atoms with E-state index < -0.39 is 58.9 Å². The largest absolute Gasteiger partial charge is 0.501 e. The number of allylic oxidation sites excluding steroid dienone is 2. The summed E-state index contributed by atoms with van der Waals surface area (Å²) in [5.74, 6) is -5.76. The summed E-state index contributed by atoms with van der Waals surface area (Å²) < 4.78 is 15.1. The summed E-state index contributed by atoms with van der Waals surface area (Å²) in [4.78, 5) is 48.7. The Hall–Kier alpha value is -2.18. The molecule has 2 bridgehead atoms. The molecule has 5 rings (SSSR count). The predicted molar refractivity (Wildman–Crippen MR) is 67.5 cm³/mol. The number of hydrogen-bond acceptors (Lipinski definition) is 7. The van der Waals surface area contributed by atoms with Crippen molar-refractivity contribution in [3.05, 3.63) is 11.8 Å². The summed E-state index contributed by atoms with van der Waals surface area (Å²) in [6, 6.07) is 0. The van der Waals surface area contributed by atoms with Crippen molar-refractivity contribution in [2.75, 3.05) is 7.11 Å². The van der Waals surface area contributed by atoms with Gasteiger partial charge in [0.05, 0.1) is 42.0 Å². The standard InChI is InChI=1S/C15H14O7/c1-3-15-6(20-2)4-5(7-9(15)13(18)21-11(7)16)8-10(15)14(19)22-12(8)17/h4-5,7-10H,3H2,1-2H3/t5?,7-,8+,9+,10-,15?. The lowest BCUT2D eigenvalue weighted by Gasteiger charge is -2.53. The van der Waals surface area contributed by atoms with E-state index in [1.165, 1.54) is 7.11 Å². The van der Waals surface area contributed by atoms with Crippen LogP contribution in [0.5, 0.6) is 0 Å². The highest BCUT2D eigenvalue weighted by molar-refractivity contribution is 6.04. The Balaban J connectivity index is 2.00. The molecule has 6 atom stereocenters. The molecular weight excluding hydrogens is 292 g/mol. The second-order valence-electron chi connectivity index (χ2n) is 6.19. The molecule has 0 spiro atoms. The Morgan fingerprint density at radius 1 is 1.00 bits per heavy atom. The topological polar surface area (TPSA) is 96.0 Å². The van der Waals surface area contributed by atoms with Crippen molar-refractivity contribution < 1.29 is 33.4 Å². The minimum absolute atomic E-state index is 0.368. The highest BCUT2D eigenvalue weighted by atomic mass is 16.6. The molecule has 1 saturated carbocycles. The maximum Gasteiger partial charge on any atom is 0.318 e. The van der Waals surface area contributed by atoms with Gasteiger partial charge in [-0.05, 0) is 12.5 Å². The van der Waals surface area contributed by atoms with Crippen molar-refractivity contribution in [3.63, 3.8) is 0 Å². The molecule has 0 aromatic carbocycles. The second kappa shape index (κ2) is 3.97. The van der Waals surface area contributed by atoms with Gasteiger partial charge in [0.2, 0.25) is 0 Å². The number of ether oxygens (including phenoxy) is 3. The van der Waals surface area contributed by atoms with E-state index in [-0.39, 0.29) is 0 Å². The van der Waals surface area contributed by atoms with E-state index in [1.54, 1.807) is 13.0 Å². The van der Waals surface area contributed by atoms with Crippen molar-refractivity contribution >= 4 is 23.9 Å². The van der Waals surface area contributed by atoms with E-state index >= 15 is 0 Å². The summed E-state index contributed by atoms with van der Waals surface area (Å²) >= 11 is 0. The van der Waals surface area contributed by atoms with E-state index in [1.807, 2.05) is 0 Å². The van der Waals surface area contributed by atoms with Gasteiger partial charge in [-0.3, -0.25) is 19.2 Å². The van der Waals surface area contributed by atoms with Crippen molar-refractivity contribution in [1.82, 2.24) is 0 Å². The van der Waals surface area contributed by atoms with Crippen LogP contribution in [-0.2, 0) is 33.4 Å². The third kappa shape index (κ3) is 1.20. The molecule has 0 amide bonds. The summed E-state index contributed by atoms with van der Waals surface area (Å²) in [5, 5.41) is 0. The van der Waals surface area contributed by atoms with Crippen LogP contribution < -0.4 is 0 Å². The third-order valence-corrected chi connectivity index (χ3v) is 5.72. The maximum absolute atomic E-state index is 12.2. The second-order valence-corrected chi connectivity index (χ2v) is 6.19. The number of rotatable bonds is 2. The Bertz CT molecular complexity index is 619. The minimum Gasteiger partial charge on any atom is -0.501 e. The zero-order valence-electron chi connectivity index (χ0n) is 12.0. The predicted octanol–water partition coefficient (Wildman–Crippen LogP) is 0.188. The normalized spacial score (nSPS) is 45.2. The molecule has 7 nitrogen and oxygen atoms in total. The lowest BCUT2D eigenvalue weighted by molar-refractivity contribution is -0.158. The Morgan fingerprint density at radius 3 is 1.91 bits per heavy atom. The maximum atomic E-state index is 12.2. The molecule has 2 aliphatic heterocycles. The molecule has 0 N–H and O–H groups in total. The van der Waals surface area contributed by atoms with Crippen LogP contribution in [0.2, 0.25) is 0 Å². The Morgan fingerprint density at radius 2 is 1.50 bits per heavy atom. The van der Waals surface area contributed by atoms with Crippen molar-refractivity contribution in [2.45, 2.75) is 13.3 Å². The number of methoxy groups -OCH3 is 1. The van der Waals surface area contributed by atoms with Crippen LogP contribution in [0.15, 0.2) is 11.8 Å². The van der Waals surface area contributed by atoms with E-state index in [4.69, 9.17) is 14.2 Å². The first kappa shape index (κ1) is 13.5. The molecule has 2 saturated heterocycles. The van der Waals surface area contributed by atoms with E-state index in [0.29, 0.717) is 12.2 Å². The van der Waals surface area contributed by atoms with Crippen LogP contribution in [0.3, 0.4) is 0 Å². The van der Waals surface area contributed by atoms with Crippen molar-refractivity contribution in [3.8, 4) is 0 Å². The van der Waals surface area contributed by atoms with Crippen LogP contribution in [-0.4, -0.2) is 31.0 Å². The summed E-state index contributed by atoms with van der Waals surface area (Å²) in [6.07, 6.45) is 2.07. The van der Waals surface area contributed by atoms with Crippen molar-refractivity contribution in [2.24, 2.45) is 35.0 Å². The van der Waals surface area contributed by atoms with Gasteiger partial charge in [0.15, 0.2) is 0 Å². The first-order valence-corrected chi connectivity index (χ1v) is 7.24. The monoisotopic (exact) mass is 306 g/mol. The molecule has 116 valence electrons. The van der Waals surface area contributed by atoms with E-state index in [2.05, 4.69) is 0 Å². The van der Waals surface area contributed by atoms with E-state index in [0.717, 1.165) is 0 Å². The highest BCUT2D eigenvalue weighted by Gasteiger charge is 2.76. The van der Waals surface area contributed by atoms with Crippen LogP contribution in [0.25, 0.3) is 0 Å². The van der Waals surface area contributed by atoms with E-state index in [9.17, 15) is 19.2 Å². The van der Waals surface area contributed by atoms with Crippen LogP contribution in [0.4, 0.5) is 0 Å². The molecule has 2 unspecified atom stereocenters. The summed E-state index contributed by atoms with van der Waals surface area (Å²) in [6.45, 7) is 1.80. The lowest BCUT2D eigenvalue weighted by atomic mass is 9.45. The molecule has 5 aliphatic rings. The van der Waals surface area contributed by atoms with Gasteiger partial charge < -0.3 is 14.2 Å². The first-order valence-electron chi connectivity index (χ1n) is 7.24. The fourth-order valence-electron chi connectivity index (χ4n) is 4.98. The SMILES string of the molecule is CCC12C(OC)=CC([C@H]3C(=O)OC(=O)[C@H]31)[C@@H]1C(=O)OC(=O)[C@@H]12. The average molecular weight is 306 g/mol.